The van der Waals surface area contributed by atoms with Crippen molar-refractivity contribution in [2.24, 2.45) is 11.8 Å². The number of hydrogen-bond donors (Lipinski definition) is 6. The maximum absolute atomic E-state index is 13.0. The van der Waals surface area contributed by atoms with Crippen molar-refractivity contribution < 1.29 is 63.9 Å². The number of ether oxygens (including phenoxy) is 5. The first-order chi connectivity index (χ1) is 18.6. The molecule has 0 saturated carbocycles. The van der Waals surface area contributed by atoms with Crippen LogP contribution in [0.3, 0.4) is 0 Å². The fraction of sp³-hybridized carbons (Fsp3) is 0.462. The van der Waals surface area contributed by atoms with E-state index in [1.807, 2.05) is 0 Å². The molecule has 0 amide bonds. The van der Waals surface area contributed by atoms with Gasteiger partial charge in [-0.2, -0.15) is 0 Å². The van der Waals surface area contributed by atoms with E-state index in [0.29, 0.717) is 5.56 Å². The van der Waals surface area contributed by atoms with Crippen LogP contribution in [0.25, 0.3) is 0 Å². The van der Waals surface area contributed by atoms with Crippen molar-refractivity contribution in [2.75, 3.05) is 13.7 Å². The Morgan fingerprint density at radius 3 is 2.49 bits per heavy atom. The highest BCUT2D eigenvalue weighted by atomic mass is 16.8. The number of allylic oxidation sites excluding steroid dienone is 1. The molecule has 1 aromatic rings. The van der Waals surface area contributed by atoms with Crippen LogP contribution in [0, 0.1) is 11.8 Å². The molecular formula is C26H28O13. The van der Waals surface area contributed by atoms with Crippen LogP contribution in [-0.2, 0) is 33.3 Å². The third kappa shape index (κ3) is 4.61. The van der Waals surface area contributed by atoms with Gasteiger partial charge in [-0.15, -0.1) is 0 Å². The average molecular weight is 548 g/mol. The Morgan fingerprint density at radius 2 is 1.82 bits per heavy atom. The Labute approximate surface area is 221 Å². The Morgan fingerprint density at radius 1 is 1.10 bits per heavy atom. The number of aromatic hydroxyl groups is 1. The highest BCUT2D eigenvalue weighted by molar-refractivity contribution is 5.94. The van der Waals surface area contributed by atoms with Gasteiger partial charge in [-0.25, -0.2) is 9.59 Å². The number of benzene rings is 1. The number of carbonyl (C=O) groups excluding carboxylic acids is 2. The molecule has 13 heteroatoms. The van der Waals surface area contributed by atoms with Gasteiger partial charge in [0.15, 0.2) is 11.9 Å². The molecule has 6 N–H and O–H groups in total. The van der Waals surface area contributed by atoms with Gasteiger partial charge >= 0.3 is 11.9 Å². The SMILES string of the molecule is COC(=O)C1=CO[C@@H](O[C@@H]2O[C@H](CO)[C@@H](O)[C@H](O)[C@H]2O)[C@H]2[C@@H]1C=C[C@@]21C=C([C@H](O)c2ccc(O)cc2)C(=O)O1. The summed E-state index contributed by atoms with van der Waals surface area (Å²) in [5.41, 5.74) is -1.27. The topological polar surface area (TPSA) is 202 Å². The van der Waals surface area contributed by atoms with Gasteiger partial charge in [0.25, 0.3) is 0 Å². The summed E-state index contributed by atoms with van der Waals surface area (Å²) < 4.78 is 27.6. The first-order valence-corrected chi connectivity index (χ1v) is 12.1. The maximum Gasteiger partial charge on any atom is 0.338 e. The molecule has 5 rings (SSSR count). The van der Waals surface area contributed by atoms with Gasteiger partial charge in [-0.05, 0) is 29.8 Å². The Hall–Kier alpha value is -3.30. The highest BCUT2D eigenvalue weighted by Crippen LogP contribution is 2.51. The number of methoxy groups -OCH3 is 1. The molecule has 0 bridgehead atoms. The third-order valence-electron chi connectivity index (χ3n) is 7.38. The number of esters is 2. The molecule has 0 unspecified atom stereocenters. The molecule has 0 radical (unpaired) electrons. The van der Waals surface area contributed by atoms with E-state index < -0.39 is 79.1 Å². The second-order valence-electron chi connectivity index (χ2n) is 9.65. The summed E-state index contributed by atoms with van der Waals surface area (Å²) in [6.07, 6.45) is -5.05. The molecule has 39 heavy (non-hydrogen) atoms. The smallest absolute Gasteiger partial charge is 0.338 e. The molecule has 3 aliphatic heterocycles. The zero-order chi connectivity index (χ0) is 28.1. The van der Waals surface area contributed by atoms with Crippen molar-refractivity contribution in [3.8, 4) is 5.75 Å². The standard InChI is InChI=1S/C26H28O13/c1-35-22(33)15-10-36-24(38-25-21(32)20(31)19(30)16(9-27)37-25)17-13(15)6-7-26(17)8-14(23(34)39-26)18(29)11-2-4-12(28)5-3-11/h2-8,10,13,16-21,24-25,27-32H,9H2,1H3/t13-,16-,17-,18-,19-,20+,21-,24+,25+,26-/m1/s1. The number of aliphatic hydroxyl groups is 5. The molecule has 1 aromatic carbocycles. The number of phenolic OH excluding ortho intramolecular Hbond substituents is 1. The fourth-order valence-electron chi connectivity index (χ4n) is 5.30. The van der Waals surface area contributed by atoms with Crippen LogP contribution in [0.1, 0.15) is 11.7 Å². The number of phenols is 1. The third-order valence-corrected chi connectivity index (χ3v) is 7.38. The first kappa shape index (κ1) is 27.3. The molecule has 1 spiro atoms. The van der Waals surface area contributed by atoms with Gasteiger partial charge in [0.2, 0.25) is 6.29 Å². The quantitative estimate of drug-likeness (QED) is 0.181. The van der Waals surface area contributed by atoms with E-state index in [0.717, 1.165) is 6.26 Å². The van der Waals surface area contributed by atoms with E-state index in [9.17, 15) is 40.2 Å². The van der Waals surface area contributed by atoms with Gasteiger partial charge in [0.05, 0.1) is 37.0 Å². The van der Waals surface area contributed by atoms with Crippen LogP contribution in [0.4, 0.5) is 0 Å². The molecule has 3 heterocycles. The molecule has 4 aliphatic rings. The highest BCUT2D eigenvalue weighted by Gasteiger charge is 2.60. The van der Waals surface area contributed by atoms with Crippen LogP contribution < -0.4 is 0 Å². The lowest BCUT2D eigenvalue weighted by Gasteiger charge is -2.44. The molecule has 1 aliphatic carbocycles. The normalized spacial score (nSPS) is 37.9. The van der Waals surface area contributed by atoms with Gasteiger partial charge in [0, 0.05) is 5.92 Å². The van der Waals surface area contributed by atoms with Crippen molar-refractivity contribution in [1.29, 1.82) is 0 Å². The van der Waals surface area contributed by atoms with E-state index in [1.54, 1.807) is 6.08 Å². The number of rotatable bonds is 6. The van der Waals surface area contributed by atoms with Crippen molar-refractivity contribution in [1.82, 2.24) is 0 Å². The summed E-state index contributed by atoms with van der Waals surface area (Å²) >= 11 is 0. The van der Waals surface area contributed by atoms with Gasteiger partial charge < -0.3 is 54.3 Å². The molecule has 1 saturated heterocycles. The van der Waals surface area contributed by atoms with Crippen LogP contribution >= 0.6 is 0 Å². The predicted octanol–water partition coefficient (Wildman–Crippen LogP) is -1.32. The van der Waals surface area contributed by atoms with Crippen molar-refractivity contribution >= 4 is 11.9 Å². The number of hydrogen-bond acceptors (Lipinski definition) is 13. The fourth-order valence-corrected chi connectivity index (χ4v) is 5.30. The molecule has 0 aromatic heterocycles. The van der Waals surface area contributed by atoms with Crippen molar-refractivity contribution in [3.63, 3.8) is 0 Å². The Balaban J connectivity index is 1.49. The number of fused-ring (bicyclic) bond motifs is 2. The maximum atomic E-state index is 13.0. The minimum Gasteiger partial charge on any atom is -0.508 e. The van der Waals surface area contributed by atoms with Crippen LogP contribution in [0.15, 0.2) is 59.9 Å². The summed E-state index contributed by atoms with van der Waals surface area (Å²) in [4.78, 5) is 25.5. The van der Waals surface area contributed by atoms with Crippen LogP contribution in [0.2, 0.25) is 0 Å². The van der Waals surface area contributed by atoms with Gasteiger partial charge in [-0.3, -0.25) is 0 Å². The molecular weight excluding hydrogens is 520 g/mol. The van der Waals surface area contributed by atoms with Crippen LogP contribution in [-0.4, -0.2) is 98.9 Å². The minimum absolute atomic E-state index is 0.0263. The van der Waals surface area contributed by atoms with Gasteiger partial charge in [-0.1, -0.05) is 18.2 Å². The summed E-state index contributed by atoms with van der Waals surface area (Å²) in [7, 11) is 1.19. The Kier molecular flexibility index (Phi) is 7.24. The zero-order valence-electron chi connectivity index (χ0n) is 20.6. The number of aliphatic hydroxyl groups excluding tert-OH is 5. The molecule has 10 atom stereocenters. The number of carbonyl (C=O) groups is 2. The van der Waals surface area contributed by atoms with Crippen molar-refractivity contribution in [2.45, 2.75) is 48.7 Å². The largest absolute Gasteiger partial charge is 0.508 e. The summed E-state index contributed by atoms with van der Waals surface area (Å²) in [5, 5.41) is 60.7. The second-order valence-corrected chi connectivity index (χ2v) is 9.65. The van der Waals surface area contributed by atoms with Gasteiger partial charge in [0.1, 0.15) is 36.3 Å². The summed E-state index contributed by atoms with van der Waals surface area (Å²) in [6.45, 7) is -0.681. The predicted molar refractivity (Wildman–Crippen MR) is 126 cm³/mol. The lowest BCUT2D eigenvalue weighted by Crippen LogP contribution is -2.60. The van der Waals surface area contributed by atoms with E-state index in [4.69, 9.17) is 23.7 Å². The van der Waals surface area contributed by atoms with E-state index in [-0.39, 0.29) is 16.9 Å². The summed E-state index contributed by atoms with van der Waals surface area (Å²) in [5.74, 6) is -3.34. The Bertz CT molecular complexity index is 1200. The van der Waals surface area contributed by atoms with E-state index >= 15 is 0 Å². The van der Waals surface area contributed by atoms with Crippen LogP contribution in [0.5, 0.6) is 5.75 Å². The second kappa shape index (κ2) is 10.4. The average Bonchev–Trinajstić information content (AvgIpc) is 3.48. The zero-order valence-corrected chi connectivity index (χ0v) is 20.6. The van der Waals surface area contributed by atoms with E-state index in [2.05, 4.69) is 0 Å². The molecule has 13 nitrogen and oxygen atoms in total. The molecule has 1 fully saturated rings. The van der Waals surface area contributed by atoms with E-state index in [1.165, 1.54) is 43.5 Å². The monoisotopic (exact) mass is 548 g/mol. The molecule has 210 valence electrons. The first-order valence-electron chi connectivity index (χ1n) is 12.1. The summed E-state index contributed by atoms with van der Waals surface area (Å²) in [6, 6.07) is 5.60. The minimum atomic E-state index is -1.74. The lowest BCUT2D eigenvalue weighted by atomic mass is 9.78. The lowest BCUT2D eigenvalue weighted by molar-refractivity contribution is -0.344. The van der Waals surface area contributed by atoms with Crippen molar-refractivity contribution in [3.05, 3.63) is 65.5 Å².